The number of allylic oxidation sites excluding steroid dienone is 2. The minimum atomic E-state index is 0.893. The summed E-state index contributed by atoms with van der Waals surface area (Å²) in [6, 6.07) is 0. The molecule has 0 saturated heterocycles. The molecule has 0 saturated carbocycles. The first-order valence-corrected chi connectivity index (χ1v) is 2.95. The zero-order chi connectivity index (χ0) is 6.24. The summed E-state index contributed by atoms with van der Waals surface area (Å²) in [5, 5.41) is 0. The van der Waals surface area contributed by atoms with E-state index in [1.807, 2.05) is 6.92 Å². The molecule has 8 heavy (non-hydrogen) atoms. The summed E-state index contributed by atoms with van der Waals surface area (Å²) in [4.78, 5) is 3.72. The maximum atomic E-state index is 3.72. The molecule has 0 N–H and O–H groups in total. The van der Waals surface area contributed by atoms with Gasteiger partial charge in [-0.05, 0) is 26.5 Å². The van der Waals surface area contributed by atoms with Crippen molar-refractivity contribution in [2.75, 3.05) is 6.54 Å². The number of hydrogen-bond donors (Lipinski definition) is 0. The summed E-state index contributed by atoms with van der Waals surface area (Å²) in [5.41, 5.74) is 0. The lowest BCUT2D eigenvalue weighted by Gasteiger charge is -1.85. The van der Waals surface area contributed by atoms with Gasteiger partial charge in [0.1, 0.15) is 0 Å². The number of rotatable bonds is 4. The van der Waals surface area contributed by atoms with E-state index in [2.05, 4.69) is 23.9 Å². The molecule has 0 rings (SSSR count). The fourth-order valence-electron chi connectivity index (χ4n) is 0.488. The number of aliphatic imine (C=N–C) groups is 1. The summed E-state index contributed by atoms with van der Waals surface area (Å²) in [6.07, 6.45) is 6.47. The smallest absolute Gasteiger partial charge is 0.0385 e. The van der Waals surface area contributed by atoms with Gasteiger partial charge in [-0.1, -0.05) is 12.2 Å². The van der Waals surface area contributed by atoms with Gasteiger partial charge < -0.3 is 4.99 Å². The second-order valence-corrected chi connectivity index (χ2v) is 1.66. The highest BCUT2D eigenvalue weighted by atomic mass is 14.7. The van der Waals surface area contributed by atoms with Crippen molar-refractivity contribution in [1.82, 2.24) is 0 Å². The van der Waals surface area contributed by atoms with Gasteiger partial charge in [-0.25, -0.2) is 0 Å². The van der Waals surface area contributed by atoms with Crippen LogP contribution < -0.4 is 0 Å². The van der Waals surface area contributed by atoms with Gasteiger partial charge in [-0.3, -0.25) is 0 Å². The van der Waals surface area contributed by atoms with Crippen LogP contribution in [-0.4, -0.2) is 13.3 Å². The quantitative estimate of drug-likeness (QED) is 0.299. The zero-order valence-electron chi connectivity index (χ0n) is 5.43. The normalized spacial score (nSPS) is 10.1. The van der Waals surface area contributed by atoms with E-state index >= 15 is 0 Å². The Morgan fingerprint density at radius 1 is 1.62 bits per heavy atom. The highest BCUT2D eigenvalue weighted by Gasteiger charge is 1.76. The molecule has 0 unspecified atom stereocenters. The second kappa shape index (κ2) is 6.41. The molecule has 0 spiro atoms. The van der Waals surface area contributed by atoms with Crippen LogP contribution in [0.3, 0.4) is 0 Å². The number of nitrogens with zero attached hydrogens (tertiary/aromatic N) is 1. The molecule has 1 heteroatoms. The van der Waals surface area contributed by atoms with E-state index < -0.39 is 0 Å². The molecule has 0 aliphatic carbocycles. The number of unbranched alkanes of at least 4 members (excludes halogenated alkanes) is 1. The SMILES string of the molecule is C=NCCC/C=C\C. The zero-order valence-corrected chi connectivity index (χ0v) is 5.43. The second-order valence-electron chi connectivity index (χ2n) is 1.66. The highest BCUT2D eigenvalue weighted by molar-refractivity contribution is 5.22. The van der Waals surface area contributed by atoms with Crippen molar-refractivity contribution in [3.63, 3.8) is 0 Å². The Bertz CT molecular complexity index is 74.5. The highest BCUT2D eigenvalue weighted by Crippen LogP contribution is 1.89. The van der Waals surface area contributed by atoms with Crippen molar-refractivity contribution in [2.45, 2.75) is 19.8 Å². The minimum Gasteiger partial charge on any atom is -0.301 e. The lowest BCUT2D eigenvalue weighted by Crippen LogP contribution is -1.75. The Hall–Kier alpha value is -0.590. The first-order chi connectivity index (χ1) is 3.91. The third-order valence-corrected chi connectivity index (χ3v) is 0.923. The van der Waals surface area contributed by atoms with Crippen LogP contribution >= 0.6 is 0 Å². The van der Waals surface area contributed by atoms with Gasteiger partial charge in [-0.15, -0.1) is 0 Å². The molecule has 0 amide bonds. The monoisotopic (exact) mass is 111 g/mol. The van der Waals surface area contributed by atoms with Crippen LogP contribution in [0.5, 0.6) is 0 Å². The van der Waals surface area contributed by atoms with Crippen molar-refractivity contribution < 1.29 is 0 Å². The van der Waals surface area contributed by atoms with E-state index in [9.17, 15) is 0 Å². The lowest BCUT2D eigenvalue weighted by molar-refractivity contribution is 0.860. The van der Waals surface area contributed by atoms with Gasteiger partial charge in [0.25, 0.3) is 0 Å². The third kappa shape index (κ3) is 5.41. The fraction of sp³-hybridized carbons (Fsp3) is 0.571. The first kappa shape index (κ1) is 7.41. The summed E-state index contributed by atoms with van der Waals surface area (Å²) >= 11 is 0. The average molecular weight is 111 g/mol. The molecular formula is C7H13N. The van der Waals surface area contributed by atoms with Crippen molar-refractivity contribution in [3.8, 4) is 0 Å². The molecule has 0 heterocycles. The Labute approximate surface area is 51.1 Å². The van der Waals surface area contributed by atoms with Gasteiger partial charge >= 0.3 is 0 Å². The van der Waals surface area contributed by atoms with Crippen LogP contribution in [-0.2, 0) is 0 Å². The Balaban J connectivity index is 2.82. The molecule has 46 valence electrons. The van der Waals surface area contributed by atoms with Crippen molar-refractivity contribution >= 4 is 6.72 Å². The lowest BCUT2D eigenvalue weighted by atomic mass is 10.3. The predicted octanol–water partition coefficient (Wildman–Crippen LogP) is 2.04. The van der Waals surface area contributed by atoms with Gasteiger partial charge in [0.2, 0.25) is 0 Å². The van der Waals surface area contributed by atoms with E-state index in [4.69, 9.17) is 0 Å². The maximum absolute atomic E-state index is 3.72. The fourth-order valence-corrected chi connectivity index (χ4v) is 0.488. The Kier molecular flexibility index (Phi) is 5.94. The van der Waals surface area contributed by atoms with Crippen molar-refractivity contribution in [2.24, 2.45) is 4.99 Å². The van der Waals surface area contributed by atoms with E-state index in [-0.39, 0.29) is 0 Å². The van der Waals surface area contributed by atoms with Gasteiger partial charge in [0, 0.05) is 6.54 Å². The first-order valence-electron chi connectivity index (χ1n) is 2.95. The maximum Gasteiger partial charge on any atom is 0.0385 e. The minimum absolute atomic E-state index is 0.893. The molecule has 0 radical (unpaired) electrons. The topological polar surface area (TPSA) is 12.4 Å². The molecule has 0 aromatic rings. The molecule has 1 nitrogen and oxygen atoms in total. The summed E-state index contributed by atoms with van der Waals surface area (Å²) < 4.78 is 0. The van der Waals surface area contributed by atoms with E-state index in [1.165, 1.54) is 0 Å². The standard InChI is InChI=1S/C7H13N/c1-3-4-5-6-7-8-2/h3-4H,2,5-7H2,1H3/b4-3-. The summed E-state index contributed by atoms with van der Waals surface area (Å²) in [6.45, 7) is 6.31. The van der Waals surface area contributed by atoms with Crippen molar-refractivity contribution in [1.29, 1.82) is 0 Å². The van der Waals surface area contributed by atoms with Crippen LogP contribution in [0.1, 0.15) is 19.8 Å². The molecule has 0 aliphatic heterocycles. The van der Waals surface area contributed by atoms with Crippen LogP contribution in [0, 0.1) is 0 Å². The predicted molar refractivity (Wildman–Crippen MR) is 38.5 cm³/mol. The molecule has 0 aromatic carbocycles. The molecule has 0 bridgehead atoms. The average Bonchev–Trinajstić information content (AvgIpc) is 1.81. The van der Waals surface area contributed by atoms with Gasteiger partial charge in [0.05, 0.1) is 0 Å². The van der Waals surface area contributed by atoms with Gasteiger partial charge in [0.15, 0.2) is 0 Å². The largest absolute Gasteiger partial charge is 0.301 e. The molecule has 0 aliphatic rings. The van der Waals surface area contributed by atoms with Crippen LogP contribution in [0.2, 0.25) is 0 Å². The molecule has 0 aromatic heterocycles. The summed E-state index contributed by atoms with van der Waals surface area (Å²) in [7, 11) is 0. The van der Waals surface area contributed by atoms with Crippen LogP contribution in [0.15, 0.2) is 17.1 Å². The Morgan fingerprint density at radius 2 is 2.38 bits per heavy atom. The van der Waals surface area contributed by atoms with Crippen LogP contribution in [0.4, 0.5) is 0 Å². The number of hydrogen-bond acceptors (Lipinski definition) is 1. The van der Waals surface area contributed by atoms with E-state index in [1.54, 1.807) is 0 Å². The summed E-state index contributed by atoms with van der Waals surface area (Å²) in [5.74, 6) is 0. The Morgan fingerprint density at radius 3 is 2.88 bits per heavy atom. The molecule has 0 atom stereocenters. The third-order valence-electron chi connectivity index (χ3n) is 0.923. The van der Waals surface area contributed by atoms with Crippen molar-refractivity contribution in [3.05, 3.63) is 12.2 Å². The molecule has 0 fully saturated rings. The van der Waals surface area contributed by atoms with Gasteiger partial charge in [-0.2, -0.15) is 0 Å². The van der Waals surface area contributed by atoms with E-state index in [0.29, 0.717) is 0 Å². The van der Waals surface area contributed by atoms with E-state index in [0.717, 1.165) is 19.4 Å². The van der Waals surface area contributed by atoms with Crippen LogP contribution in [0.25, 0.3) is 0 Å². The molecular weight excluding hydrogens is 98.1 g/mol.